The van der Waals surface area contributed by atoms with E-state index in [9.17, 15) is 9.90 Å². The van der Waals surface area contributed by atoms with Gasteiger partial charge in [-0.3, -0.25) is 14.6 Å². The van der Waals surface area contributed by atoms with Crippen molar-refractivity contribution in [2.24, 2.45) is 5.73 Å². The zero-order valence-corrected chi connectivity index (χ0v) is 7.99. The molecule has 0 aliphatic heterocycles. The summed E-state index contributed by atoms with van der Waals surface area (Å²) in [5.41, 5.74) is 5.39. The van der Waals surface area contributed by atoms with Crippen molar-refractivity contribution < 1.29 is 5.11 Å². The van der Waals surface area contributed by atoms with E-state index in [-0.39, 0.29) is 29.6 Å². The van der Waals surface area contributed by atoms with Gasteiger partial charge in [0.2, 0.25) is 5.88 Å². The SMILES string of the molecule is NCc1c(O)n(C2CCCC2)[nH]c1=O. The minimum atomic E-state index is -0.267. The summed E-state index contributed by atoms with van der Waals surface area (Å²) in [5.74, 6) is 0.0180. The van der Waals surface area contributed by atoms with Crippen LogP contribution in [0.2, 0.25) is 0 Å². The van der Waals surface area contributed by atoms with Crippen LogP contribution in [0.15, 0.2) is 4.79 Å². The molecule has 0 atom stereocenters. The minimum Gasteiger partial charge on any atom is -0.493 e. The highest BCUT2D eigenvalue weighted by Gasteiger charge is 2.22. The third-order valence-corrected chi connectivity index (χ3v) is 2.89. The van der Waals surface area contributed by atoms with Crippen LogP contribution in [0.25, 0.3) is 0 Å². The number of aromatic hydroxyl groups is 1. The normalized spacial score (nSPS) is 17.8. The van der Waals surface area contributed by atoms with E-state index >= 15 is 0 Å². The van der Waals surface area contributed by atoms with Crippen LogP contribution in [0.1, 0.15) is 37.3 Å². The van der Waals surface area contributed by atoms with Gasteiger partial charge in [0.15, 0.2) is 0 Å². The third-order valence-electron chi connectivity index (χ3n) is 2.89. The van der Waals surface area contributed by atoms with Crippen molar-refractivity contribution in [3.63, 3.8) is 0 Å². The minimum absolute atomic E-state index is 0.0180. The first kappa shape index (κ1) is 9.33. The summed E-state index contributed by atoms with van der Waals surface area (Å²) in [6, 6.07) is 0.239. The molecule has 0 radical (unpaired) electrons. The monoisotopic (exact) mass is 197 g/mol. The number of hydrogen-bond acceptors (Lipinski definition) is 3. The Morgan fingerprint density at radius 2 is 2.14 bits per heavy atom. The van der Waals surface area contributed by atoms with E-state index in [4.69, 9.17) is 5.73 Å². The number of nitrogens with zero attached hydrogens (tertiary/aromatic N) is 1. The van der Waals surface area contributed by atoms with Gasteiger partial charge in [0, 0.05) is 6.54 Å². The summed E-state index contributed by atoms with van der Waals surface area (Å²) in [4.78, 5) is 11.3. The lowest BCUT2D eigenvalue weighted by Gasteiger charge is -2.11. The molecule has 1 heterocycles. The van der Waals surface area contributed by atoms with Gasteiger partial charge < -0.3 is 10.8 Å². The maximum atomic E-state index is 11.3. The standard InChI is InChI=1S/C9H15N3O2/c10-5-7-8(13)11-12(9(7)14)6-3-1-2-4-6/h6,14H,1-5,10H2,(H,11,13). The Balaban J connectivity index is 2.38. The zero-order valence-electron chi connectivity index (χ0n) is 7.99. The molecule has 2 rings (SSSR count). The zero-order chi connectivity index (χ0) is 10.1. The number of hydrogen-bond donors (Lipinski definition) is 3. The highest BCUT2D eigenvalue weighted by Crippen LogP contribution is 2.31. The lowest BCUT2D eigenvalue weighted by atomic mass is 10.2. The molecule has 14 heavy (non-hydrogen) atoms. The fraction of sp³-hybridized carbons (Fsp3) is 0.667. The van der Waals surface area contributed by atoms with Crippen LogP contribution < -0.4 is 11.3 Å². The van der Waals surface area contributed by atoms with E-state index in [1.165, 1.54) is 0 Å². The summed E-state index contributed by atoms with van der Waals surface area (Å²) in [6.07, 6.45) is 4.34. The Labute approximate surface area is 81.5 Å². The molecule has 5 nitrogen and oxygen atoms in total. The summed E-state index contributed by atoms with van der Waals surface area (Å²) in [6.45, 7) is 0.0842. The van der Waals surface area contributed by atoms with Gasteiger partial charge in [-0.1, -0.05) is 12.8 Å². The smallest absolute Gasteiger partial charge is 0.272 e. The van der Waals surface area contributed by atoms with Gasteiger partial charge in [-0.15, -0.1) is 0 Å². The Morgan fingerprint density at radius 3 is 2.64 bits per heavy atom. The van der Waals surface area contributed by atoms with Gasteiger partial charge >= 0.3 is 0 Å². The van der Waals surface area contributed by atoms with Crippen LogP contribution in [-0.2, 0) is 6.54 Å². The summed E-state index contributed by atoms with van der Waals surface area (Å²) >= 11 is 0. The molecular formula is C9H15N3O2. The fourth-order valence-electron chi connectivity index (χ4n) is 2.09. The molecule has 1 aromatic heterocycles. The fourth-order valence-corrected chi connectivity index (χ4v) is 2.09. The van der Waals surface area contributed by atoms with Crippen molar-refractivity contribution in [3.8, 4) is 5.88 Å². The third kappa shape index (κ3) is 1.33. The van der Waals surface area contributed by atoms with Crippen molar-refractivity contribution in [1.82, 2.24) is 9.78 Å². The van der Waals surface area contributed by atoms with E-state index < -0.39 is 0 Å². The van der Waals surface area contributed by atoms with E-state index in [2.05, 4.69) is 5.10 Å². The molecule has 0 spiro atoms. The maximum absolute atomic E-state index is 11.3. The van der Waals surface area contributed by atoms with Crippen molar-refractivity contribution in [1.29, 1.82) is 0 Å². The van der Waals surface area contributed by atoms with Crippen LogP contribution in [0.5, 0.6) is 5.88 Å². The van der Waals surface area contributed by atoms with E-state index in [1.807, 2.05) is 0 Å². The molecule has 1 aromatic rings. The van der Waals surface area contributed by atoms with Gasteiger partial charge in [0.05, 0.1) is 11.6 Å². The van der Waals surface area contributed by atoms with Crippen LogP contribution in [0.4, 0.5) is 0 Å². The van der Waals surface area contributed by atoms with E-state index in [0.29, 0.717) is 0 Å². The van der Waals surface area contributed by atoms with Crippen molar-refractivity contribution in [2.75, 3.05) is 0 Å². The second kappa shape index (κ2) is 3.49. The van der Waals surface area contributed by atoms with Crippen molar-refractivity contribution in [2.45, 2.75) is 38.3 Å². The predicted molar refractivity (Wildman–Crippen MR) is 52.1 cm³/mol. The first-order chi connectivity index (χ1) is 6.74. The van der Waals surface area contributed by atoms with Crippen molar-refractivity contribution in [3.05, 3.63) is 15.9 Å². The molecule has 0 unspecified atom stereocenters. The Bertz CT molecular complexity index is 374. The molecule has 1 aliphatic carbocycles. The maximum Gasteiger partial charge on any atom is 0.272 e. The number of rotatable bonds is 2. The van der Waals surface area contributed by atoms with Crippen LogP contribution in [0, 0.1) is 0 Å². The molecule has 1 aliphatic rings. The first-order valence-electron chi connectivity index (χ1n) is 4.96. The summed E-state index contributed by atoms with van der Waals surface area (Å²) in [7, 11) is 0. The Kier molecular flexibility index (Phi) is 2.33. The van der Waals surface area contributed by atoms with Gasteiger partial charge in [0.25, 0.3) is 5.56 Å². The Morgan fingerprint density at radius 1 is 1.50 bits per heavy atom. The molecule has 0 aromatic carbocycles. The van der Waals surface area contributed by atoms with Crippen LogP contribution in [0.3, 0.4) is 0 Å². The number of nitrogens with two attached hydrogens (primary N) is 1. The summed E-state index contributed by atoms with van der Waals surface area (Å²) in [5, 5.41) is 12.4. The average molecular weight is 197 g/mol. The second-order valence-corrected chi connectivity index (χ2v) is 3.76. The average Bonchev–Trinajstić information content (AvgIpc) is 2.74. The van der Waals surface area contributed by atoms with Gasteiger partial charge in [-0.05, 0) is 12.8 Å². The number of nitrogens with one attached hydrogen (secondary N) is 1. The van der Waals surface area contributed by atoms with Crippen LogP contribution in [-0.4, -0.2) is 14.9 Å². The van der Waals surface area contributed by atoms with Crippen LogP contribution >= 0.6 is 0 Å². The second-order valence-electron chi connectivity index (χ2n) is 3.76. The highest BCUT2D eigenvalue weighted by atomic mass is 16.3. The van der Waals surface area contributed by atoms with Gasteiger partial charge in [-0.2, -0.15) is 0 Å². The molecular weight excluding hydrogens is 182 g/mol. The molecule has 4 N–H and O–H groups in total. The lowest BCUT2D eigenvalue weighted by molar-refractivity contribution is 0.353. The van der Waals surface area contributed by atoms with Crippen molar-refractivity contribution >= 4 is 0 Å². The highest BCUT2D eigenvalue weighted by molar-refractivity contribution is 5.23. The van der Waals surface area contributed by atoms with Gasteiger partial charge in [-0.25, -0.2) is 0 Å². The Hall–Kier alpha value is -1.23. The van der Waals surface area contributed by atoms with E-state index in [0.717, 1.165) is 25.7 Å². The molecule has 5 heteroatoms. The number of H-pyrrole nitrogens is 1. The van der Waals surface area contributed by atoms with E-state index in [1.54, 1.807) is 4.68 Å². The predicted octanol–water partition coefficient (Wildman–Crippen LogP) is 0.456. The molecule has 0 amide bonds. The number of aromatic amines is 1. The largest absolute Gasteiger partial charge is 0.493 e. The summed E-state index contributed by atoms with van der Waals surface area (Å²) < 4.78 is 1.57. The van der Waals surface area contributed by atoms with Gasteiger partial charge in [0.1, 0.15) is 0 Å². The topological polar surface area (TPSA) is 84.0 Å². The number of aromatic nitrogens is 2. The quantitative estimate of drug-likeness (QED) is 0.643. The molecule has 0 bridgehead atoms. The first-order valence-corrected chi connectivity index (χ1v) is 4.96. The molecule has 1 fully saturated rings. The molecule has 1 saturated carbocycles. The molecule has 78 valence electrons. The molecule has 0 saturated heterocycles. The lowest BCUT2D eigenvalue weighted by Crippen LogP contribution is -2.12.